The lowest BCUT2D eigenvalue weighted by atomic mass is 10.3. The highest BCUT2D eigenvalue weighted by molar-refractivity contribution is 4.71. The molecule has 0 aromatic carbocycles. The van der Waals surface area contributed by atoms with Crippen LogP contribution in [-0.4, -0.2) is 82.2 Å². The Kier molecular flexibility index (Phi) is 6.91. The second-order valence-electron chi connectivity index (χ2n) is 4.34. The summed E-state index contributed by atoms with van der Waals surface area (Å²) in [6.45, 7) is 4.79. The summed E-state index contributed by atoms with van der Waals surface area (Å²) in [6, 6.07) is 0. The van der Waals surface area contributed by atoms with E-state index < -0.39 is 12.8 Å². The van der Waals surface area contributed by atoms with Crippen LogP contribution in [0.25, 0.3) is 0 Å². The van der Waals surface area contributed by atoms with E-state index in [0.29, 0.717) is 13.2 Å². The Labute approximate surface area is 106 Å². The first-order valence-electron chi connectivity index (χ1n) is 6.09. The van der Waals surface area contributed by atoms with Crippen LogP contribution in [0.3, 0.4) is 0 Å². The number of rotatable bonds is 7. The predicted molar refractivity (Wildman–Crippen MR) is 61.6 cm³/mol. The summed E-state index contributed by atoms with van der Waals surface area (Å²) < 4.78 is 45.1. The first-order valence-corrected chi connectivity index (χ1v) is 6.09. The van der Waals surface area contributed by atoms with Gasteiger partial charge in [0.2, 0.25) is 0 Å². The van der Waals surface area contributed by atoms with Crippen LogP contribution < -0.4 is 0 Å². The van der Waals surface area contributed by atoms with Gasteiger partial charge in [-0.15, -0.1) is 0 Å². The standard InChI is InChI=1S/C11H21F3N2O2/c1-17-8-6-15-2-4-16(5-3-15)7-9-18-10-11(12,13)14/h2-10H2,1H3. The summed E-state index contributed by atoms with van der Waals surface area (Å²) in [6.07, 6.45) is -4.22. The molecule has 0 unspecified atom stereocenters. The highest BCUT2D eigenvalue weighted by atomic mass is 19.4. The molecule has 18 heavy (non-hydrogen) atoms. The molecule has 0 saturated carbocycles. The molecule has 0 radical (unpaired) electrons. The van der Waals surface area contributed by atoms with Crippen LogP contribution in [0.2, 0.25) is 0 Å². The summed E-state index contributed by atoms with van der Waals surface area (Å²) in [5, 5.41) is 0. The van der Waals surface area contributed by atoms with Crippen LogP contribution in [0.1, 0.15) is 0 Å². The Bertz CT molecular complexity index is 219. The Hall–Kier alpha value is -0.370. The van der Waals surface area contributed by atoms with Crippen molar-refractivity contribution in [1.29, 1.82) is 0 Å². The third kappa shape index (κ3) is 7.15. The molecular formula is C11H21F3N2O2. The van der Waals surface area contributed by atoms with Gasteiger partial charge in [-0.25, -0.2) is 0 Å². The van der Waals surface area contributed by atoms with Crippen molar-refractivity contribution in [2.45, 2.75) is 6.18 Å². The molecule has 1 aliphatic heterocycles. The van der Waals surface area contributed by atoms with E-state index in [1.165, 1.54) is 0 Å². The Balaban J connectivity index is 2.02. The van der Waals surface area contributed by atoms with E-state index in [0.717, 1.165) is 32.7 Å². The van der Waals surface area contributed by atoms with E-state index in [1.54, 1.807) is 7.11 Å². The van der Waals surface area contributed by atoms with Gasteiger partial charge >= 0.3 is 6.18 Å². The molecule has 1 fully saturated rings. The zero-order valence-electron chi connectivity index (χ0n) is 10.7. The van der Waals surface area contributed by atoms with Crippen molar-refractivity contribution in [3.63, 3.8) is 0 Å². The van der Waals surface area contributed by atoms with Crippen molar-refractivity contribution < 1.29 is 22.6 Å². The maximum Gasteiger partial charge on any atom is 0.411 e. The van der Waals surface area contributed by atoms with Crippen LogP contribution in [0.5, 0.6) is 0 Å². The average molecular weight is 270 g/mol. The van der Waals surface area contributed by atoms with Crippen LogP contribution >= 0.6 is 0 Å². The molecular weight excluding hydrogens is 249 g/mol. The predicted octanol–water partition coefficient (Wildman–Crippen LogP) is 0.829. The zero-order valence-corrected chi connectivity index (χ0v) is 10.7. The summed E-state index contributed by atoms with van der Waals surface area (Å²) >= 11 is 0. The number of alkyl halides is 3. The fourth-order valence-corrected chi connectivity index (χ4v) is 1.84. The number of nitrogens with zero attached hydrogens (tertiary/aromatic N) is 2. The molecule has 0 aromatic heterocycles. The van der Waals surface area contributed by atoms with E-state index >= 15 is 0 Å². The number of ether oxygens (including phenoxy) is 2. The van der Waals surface area contributed by atoms with Gasteiger partial charge in [0.05, 0.1) is 13.2 Å². The van der Waals surface area contributed by atoms with Gasteiger partial charge in [0.1, 0.15) is 6.61 Å². The normalized spacial score (nSPS) is 19.3. The van der Waals surface area contributed by atoms with E-state index in [4.69, 9.17) is 4.74 Å². The van der Waals surface area contributed by atoms with Gasteiger partial charge in [0, 0.05) is 46.4 Å². The molecule has 1 rings (SSSR count). The molecule has 0 bridgehead atoms. The minimum absolute atomic E-state index is 0.136. The van der Waals surface area contributed by atoms with Crippen molar-refractivity contribution >= 4 is 0 Å². The number of methoxy groups -OCH3 is 1. The molecule has 4 nitrogen and oxygen atoms in total. The second kappa shape index (κ2) is 7.93. The minimum atomic E-state index is -4.22. The minimum Gasteiger partial charge on any atom is -0.383 e. The summed E-state index contributed by atoms with van der Waals surface area (Å²) in [5.74, 6) is 0. The van der Waals surface area contributed by atoms with Gasteiger partial charge in [0.15, 0.2) is 0 Å². The van der Waals surface area contributed by atoms with Crippen molar-refractivity contribution in [3.05, 3.63) is 0 Å². The smallest absolute Gasteiger partial charge is 0.383 e. The Morgan fingerprint density at radius 2 is 1.44 bits per heavy atom. The average Bonchev–Trinajstić information content (AvgIpc) is 2.32. The highest BCUT2D eigenvalue weighted by Crippen LogP contribution is 2.14. The number of piperazine rings is 1. The highest BCUT2D eigenvalue weighted by Gasteiger charge is 2.27. The van der Waals surface area contributed by atoms with Crippen molar-refractivity contribution in [1.82, 2.24) is 9.80 Å². The molecule has 0 aliphatic carbocycles. The van der Waals surface area contributed by atoms with Crippen LogP contribution in [0, 0.1) is 0 Å². The summed E-state index contributed by atoms with van der Waals surface area (Å²) in [4.78, 5) is 4.41. The second-order valence-corrected chi connectivity index (χ2v) is 4.34. The van der Waals surface area contributed by atoms with E-state index in [9.17, 15) is 13.2 Å². The quantitative estimate of drug-likeness (QED) is 0.640. The maximum absolute atomic E-state index is 11.8. The molecule has 1 aliphatic rings. The summed E-state index contributed by atoms with van der Waals surface area (Å²) in [5.41, 5.74) is 0. The van der Waals surface area contributed by atoms with Crippen LogP contribution in [0.4, 0.5) is 13.2 Å². The lowest BCUT2D eigenvalue weighted by molar-refractivity contribution is -0.174. The van der Waals surface area contributed by atoms with E-state index in [-0.39, 0.29) is 6.61 Å². The summed E-state index contributed by atoms with van der Waals surface area (Å²) in [7, 11) is 1.67. The van der Waals surface area contributed by atoms with Crippen molar-refractivity contribution in [3.8, 4) is 0 Å². The molecule has 0 amide bonds. The van der Waals surface area contributed by atoms with Crippen LogP contribution in [0.15, 0.2) is 0 Å². The van der Waals surface area contributed by atoms with Gasteiger partial charge in [-0.2, -0.15) is 13.2 Å². The van der Waals surface area contributed by atoms with Gasteiger partial charge in [-0.1, -0.05) is 0 Å². The van der Waals surface area contributed by atoms with Crippen LogP contribution in [-0.2, 0) is 9.47 Å². The Morgan fingerprint density at radius 1 is 0.944 bits per heavy atom. The molecule has 1 heterocycles. The first kappa shape index (κ1) is 15.7. The molecule has 0 spiro atoms. The number of halogens is 3. The largest absolute Gasteiger partial charge is 0.411 e. The van der Waals surface area contributed by atoms with Crippen molar-refractivity contribution in [2.24, 2.45) is 0 Å². The lowest BCUT2D eigenvalue weighted by Gasteiger charge is -2.34. The third-order valence-electron chi connectivity index (χ3n) is 2.89. The van der Waals surface area contributed by atoms with Crippen molar-refractivity contribution in [2.75, 3.05) is 66.2 Å². The first-order chi connectivity index (χ1) is 8.51. The molecule has 108 valence electrons. The van der Waals surface area contributed by atoms with E-state index in [1.807, 2.05) is 0 Å². The SMILES string of the molecule is COCCN1CCN(CCOCC(F)(F)F)CC1. The number of hydrogen-bond donors (Lipinski definition) is 0. The zero-order chi connectivity index (χ0) is 13.4. The number of hydrogen-bond acceptors (Lipinski definition) is 4. The molecule has 0 N–H and O–H groups in total. The van der Waals surface area contributed by atoms with Gasteiger partial charge in [-0.3, -0.25) is 9.80 Å². The fraction of sp³-hybridized carbons (Fsp3) is 1.00. The molecule has 0 aromatic rings. The van der Waals surface area contributed by atoms with E-state index in [2.05, 4.69) is 14.5 Å². The fourth-order valence-electron chi connectivity index (χ4n) is 1.84. The topological polar surface area (TPSA) is 24.9 Å². The molecule has 1 saturated heterocycles. The Morgan fingerprint density at radius 3 is 1.89 bits per heavy atom. The lowest BCUT2D eigenvalue weighted by Crippen LogP contribution is -2.48. The van der Waals surface area contributed by atoms with Gasteiger partial charge < -0.3 is 9.47 Å². The van der Waals surface area contributed by atoms with Gasteiger partial charge in [-0.05, 0) is 0 Å². The third-order valence-corrected chi connectivity index (χ3v) is 2.89. The maximum atomic E-state index is 11.8. The monoisotopic (exact) mass is 270 g/mol. The molecule has 0 atom stereocenters. The van der Waals surface area contributed by atoms with Gasteiger partial charge in [0.25, 0.3) is 0 Å². The molecule has 7 heteroatoms.